The minimum absolute atomic E-state index is 0.255. The van der Waals surface area contributed by atoms with E-state index in [1.54, 1.807) is 0 Å². The Labute approximate surface area is 146 Å². The van der Waals surface area contributed by atoms with Gasteiger partial charge in [0.1, 0.15) is 0 Å². The Balaban J connectivity index is 1.42. The minimum atomic E-state index is 0.255. The summed E-state index contributed by atoms with van der Waals surface area (Å²) in [5.41, 5.74) is 2.78. The molecule has 24 heavy (non-hydrogen) atoms. The predicted octanol–water partition coefficient (Wildman–Crippen LogP) is 3.55. The molecule has 0 spiro atoms. The van der Waals surface area contributed by atoms with Crippen molar-refractivity contribution >= 4 is 5.91 Å². The summed E-state index contributed by atoms with van der Waals surface area (Å²) in [5.74, 6) is 1.45. The average molecular weight is 329 g/mol. The van der Waals surface area contributed by atoms with E-state index < -0.39 is 0 Å². The molecule has 2 aliphatic rings. The van der Waals surface area contributed by atoms with Gasteiger partial charge in [0.05, 0.1) is 0 Å². The highest BCUT2D eigenvalue weighted by atomic mass is 16.2. The second-order valence-corrected chi connectivity index (χ2v) is 7.87. The van der Waals surface area contributed by atoms with Crippen LogP contribution in [0.15, 0.2) is 24.3 Å². The average Bonchev–Trinajstić information content (AvgIpc) is 2.61. The third-order valence-electron chi connectivity index (χ3n) is 5.86. The summed E-state index contributed by atoms with van der Waals surface area (Å²) in [6.45, 7) is 7.26. The standard InChI is InChI=1S/C21H32N2O/c1-16-3-5-18(6-4-16)7-8-19-10-13-23(14-11-19)21(24)20-9-12-22-17(2)15-20/h3-6,17,19-20,22H,7-15H2,1-2H3/t17-,20-/m0/s1. The molecule has 0 aromatic heterocycles. The molecule has 2 atom stereocenters. The van der Waals surface area contributed by atoms with Crippen LogP contribution in [0.2, 0.25) is 0 Å². The fourth-order valence-corrected chi connectivity index (χ4v) is 4.18. The van der Waals surface area contributed by atoms with Gasteiger partial charge in [0, 0.05) is 25.0 Å². The molecular weight excluding hydrogens is 296 g/mol. The van der Waals surface area contributed by atoms with E-state index in [0.29, 0.717) is 11.9 Å². The highest BCUT2D eigenvalue weighted by molar-refractivity contribution is 5.79. The van der Waals surface area contributed by atoms with Gasteiger partial charge in [-0.05, 0) is 70.4 Å². The quantitative estimate of drug-likeness (QED) is 0.916. The molecule has 0 unspecified atom stereocenters. The second-order valence-electron chi connectivity index (χ2n) is 7.87. The van der Waals surface area contributed by atoms with Crippen LogP contribution in [-0.2, 0) is 11.2 Å². The first-order chi connectivity index (χ1) is 11.6. The van der Waals surface area contributed by atoms with E-state index in [0.717, 1.165) is 38.4 Å². The molecule has 3 nitrogen and oxygen atoms in total. The topological polar surface area (TPSA) is 32.3 Å². The van der Waals surface area contributed by atoms with E-state index in [9.17, 15) is 4.79 Å². The number of nitrogens with one attached hydrogen (secondary N) is 1. The third-order valence-corrected chi connectivity index (χ3v) is 5.86. The van der Waals surface area contributed by atoms with Gasteiger partial charge in [-0.3, -0.25) is 4.79 Å². The summed E-state index contributed by atoms with van der Waals surface area (Å²) in [5, 5.41) is 3.44. The van der Waals surface area contributed by atoms with Crippen LogP contribution < -0.4 is 5.32 Å². The van der Waals surface area contributed by atoms with Crippen molar-refractivity contribution in [1.29, 1.82) is 0 Å². The van der Waals surface area contributed by atoms with Crippen molar-refractivity contribution in [1.82, 2.24) is 10.2 Å². The van der Waals surface area contributed by atoms with Gasteiger partial charge < -0.3 is 10.2 Å². The molecule has 1 N–H and O–H groups in total. The van der Waals surface area contributed by atoms with Gasteiger partial charge in [-0.1, -0.05) is 29.8 Å². The maximum absolute atomic E-state index is 12.7. The molecule has 0 saturated carbocycles. The largest absolute Gasteiger partial charge is 0.342 e. The molecule has 0 radical (unpaired) electrons. The normalized spacial score (nSPS) is 25.7. The molecule has 0 aliphatic carbocycles. The lowest BCUT2D eigenvalue weighted by Crippen LogP contribution is -2.46. The molecular formula is C21H32N2O. The first-order valence-corrected chi connectivity index (χ1v) is 9.69. The summed E-state index contributed by atoms with van der Waals surface area (Å²) in [4.78, 5) is 14.9. The van der Waals surface area contributed by atoms with E-state index in [1.165, 1.54) is 36.8 Å². The van der Waals surface area contributed by atoms with Crippen LogP contribution in [0.25, 0.3) is 0 Å². The van der Waals surface area contributed by atoms with Crippen molar-refractivity contribution in [2.45, 2.75) is 58.4 Å². The zero-order valence-corrected chi connectivity index (χ0v) is 15.3. The fraction of sp³-hybridized carbons (Fsp3) is 0.667. The number of hydrogen-bond donors (Lipinski definition) is 1. The van der Waals surface area contributed by atoms with Gasteiger partial charge in [0.15, 0.2) is 0 Å². The lowest BCUT2D eigenvalue weighted by atomic mass is 9.88. The molecule has 0 bridgehead atoms. The lowest BCUT2D eigenvalue weighted by Gasteiger charge is -2.36. The highest BCUT2D eigenvalue weighted by Gasteiger charge is 2.30. The summed E-state index contributed by atoms with van der Waals surface area (Å²) < 4.78 is 0. The first kappa shape index (κ1) is 17.5. The van der Waals surface area contributed by atoms with Crippen molar-refractivity contribution in [3.05, 3.63) is 35.4 Å². The molecule has 3 rings (SSSR count). The van der Waals surface area contributed by atoms with Gasteiger partial charge in [-0.15, -0.1) is 0 Å². The van der Waals surface area contributed by atoms with Crippen molar-refractivity contribution < 1.29 is 4.79 Å². The SMILES string of the molecule is Cc1ccc(CCC2CCN(C(=O)[C@H]3CCN[C@@H](C)C3)CC2)cc1. The number of benzene rings is 1. The predicted molar refractivity (Wildman–Crippen MR) is 99.0 cm³/mol. The van der Waals surface area contributed by atoms with Crippen LogP contribution in [0.4, 0.5) is 0 Å². The molecule has 1 aromatic carbocycles. The van der Waals surface area contributed by atoms with E-state index in [1.807, 2.05) is 0 Å². The Morgan fingerprint density at radius 1 is 1.17 bits per heavy atom. The van der Waals surface area contributed by atoms with Crippen LogP contribution in [0, 0.1) is 18.8 Å². The van der Waals surface area contributed by atoms with Gasteiger partial charge >= 0.3 is 0 Å². The maximum atomic E-state index is 12.7. The number of carbonyl (C=O) groups excluding carboxylic acids is 1. The Morgan fingerprint density at radius 2 is 1.88 bits per heavy atom. The van der Waals surface area contributed by atoms with Crippen molar-refractivity contribution in [2.24, 2.45) is 11.8 Å². The number of carbonyl (C=O) groups is 1. The summed E-state index contributed by atoms with van der Waals surface area (Å²) in [6, 6.07) is 9.41. The highest BCUT2D eigenvalue weighted by Crippen LogP contribution is 2.26. The zero-order chi connectivity index (χ0) is 16.9. The first-order valence-electron chi connectivity index (χ1n) is 9.69. The number of piperidine rings is 2. The van der Waals surface area contributed by atoms with Crippen LogP contribution in [-0.4, -0.2) is 36.5 Å². The number of amides is 1. The van der Waals surface area contributed by atoms with Gasteiger partial charge in [0.2, 0.25) is 5.91 Å². The van der Waals surface area contributed by atoms with Gasteiger partial charge in [-0.2, -0.15) is 0 Å². The van der Waals surface area contributed by atoms with Crippen molar-refractivity contribution in [3.63, 3.8) is 0 Å². The third kappa shape index (κ3) is 4.60. The van der Waals surface area contributed by atoms with Crippen LogP contribution in [0.1, 0.15) is 50.2 Å². The lowest BCUT2D eigenvalue weighted by molar-refractivity contribution is -0.138. The molecule has 2 fully saturated rings. The summed E-state index contributed by atoms with van der Waals surface area (Å²) in [6.07, 6.45) is 6.80. The number of aryl methyl sites for hydroxylation is 2. The van der Waals surface area contributed by atoms with Gasteiger partial charge in [0.25, 0.3) is 0 Å². The molecule has 1 amide bonds. The number of likely N-dealkylation sites (tertiary alicyclic amines) is 1. The molecule has 1 aromatic rings. The van der Waals surface area contributed by atoms with E-state index in [2.05, 4.69) is 48.3 Å². The Morgan fingerprint density at radius 3 is 2.54 bits per heavy atom. The molecule has 2 aliphatic heterocycles. The molecule has 132 valence electrons. The monoisotopic (exact) mass is 328 g/mol. The van der Waals surface area contributed by atoms with E-state index >= 15 is 0 Å². The number of nitrogens with zero attached hydrogens (tertiary/aromatic N) is 1. The zero-order valence-electron chi connectivity index (χ0n) is 15.3. The maximum Gasteiger partial charge on any atom is 0.225 e. The summed E-state index contributed by atoms with van der Waals surface area (Å²) >= 11 is 0. The number of rotatable bonds is 4. The molecule has 3 heteroatoms. The second kappa shape index (κ2) is 8.15. The smallest absolute Gasteiger partial charge is 0.225 e. The summed E-state index contributed by atoms with van der Waals surface area (Å²) in [7, 11) is 0. The van der Waals surface area contributed by atoms with Crippen molar-refractivity contribution in [3.8, 4) is 0 Å². The van der Waals surface area contributed by atoms with Crippen LogP contribution in [0.5, 0.6) is 0 Å². The molecule has 2 saturated heterocycles. The van der Waals surface area contributed by atoms with Crippen LogP contribution >= 0.6 is 0 Å². The Bertz CT molecular complexity index is 531. The molecule has 2 heterocycles. The van der Waals surface area contributed by atoms with Crippen molar-refractivity contribution in [2.75, 3.05) is 19.6 Å². The van der Waals surface area contributed by atoms with Crippen LogP contribution in [0.3, 0.4) is 0 Å². The Kier molecular flexibility index (Phi) is 5.94. The fourth-order valence-electron chi connectivity index (χ4n) is 4.18. The number of hydrogen-bond acceptors (Lipinski definition) is 2. The Hall–Kier alpha value is -1.35. The minimum Gasteiger partial charge on any atom is -0.342 e. The van der Waals surface area contributed by atoms with E-state index in [-0.39, 0.29) is 5.92 Å². The van der Waals surface area contributed by atoms with Gasteiger partial charge in [-0.25, -0.2) is 0 Å². The van der Waals surface area contributed by atoms with E-state index in [4.69, 9.17) is 0 Å².